The molecule has 0 bridgehead atoms. The number of benzene rings is 8. The Kier molecular flexibility index (Phi) is 12.6. The number of rotatable bonds is 13. The Balaban J connectivity index is 0.00000705. The third-order valence-electron chi connectivity index (χ3n) is 14.3. The summed E-state index contributed by atoms with van der Waals surface area (Å²) in [5.41, 5.74) is 19.1. The Hall–Kier alpha value is -7.92. The molecule has 0 fully saturated rings. The second-order valence-corrected chi connectivity index (χ2v) is 20.4. The van der Waals surface area contributed by atoms with Crippen LogP contribution in [0.5, 0.6) is 0 Å². The molecule has 0 N–H and O–H groups in total. The summed E-state index contributed by atoms with van der Waals surface area (Å²) in [5, 5.41) is 2.34. The molecule has 4 aromatic heterocycles. The third kappa shape index (κ3) is 10.5. The van der Waals surface area contributed by atoms with E-state index in [1.807, 2.05) is 48.7 Å². The van der Waals surface area contributed by atoms with E-state index in [4.69, 9.17) is 23.2 Å². The van der Waals surface area contributed by atoms with Crippen LogP contribution in [0.1, 0.15) is 52.7 Å². The van der Waals surface area contributed by atoms with Gasteiger partial charge in [-0.1, -0.05) is 133 Å². The first-order valence-corrected chi connectivity index (χ1v) is 26.2. The Morgan fingerprint density at radius 3 is 1.67 bits per heavy atom. The fourth-order valence-electron chi connectivity index (χ4n) is 10.3. The van der Waals surface area contributed by atoms with E-state index in [2.05, 4.69) is 153 Å². The molecular weight excluding hydrogens is 1120 g/mol. The van der Waals surface area contributed by atoms with E-state index in [0.29, 0.717) is 48.2 Å². The number of nitrogens with zero attached hydrogens (tertiary/aromatic N) is 3. The fraction of sp³-hybridized carbons (Fsp3) is 0.113. The average Bonchev–Trinajstić information content (AvgIpc) is 4.06. The monoisotopic (exact) mass is 1180 g/mol. The smallest absolute Gasteiger partial charge is 0.304 e. The maximum atomic E-state index is 8.61. The molecule has 0 saturated carbocycles. The van der Waals surface area contributed by atoms with Crippen LogP contribution in [0.2, 0.25) is 0 Å². The number of hydrogen-bond donors (Lipinski definition) is 0. The molecule has 0 aliphatic heterocycles. The summed E-state index contributed by atoms with van der Waals surface area (Å²) in [5.74, 6) is 0. The predicted molar refractivity (Wildman–Crippen MR) is 314 cm³/mol. The van der Waals surface area contributed by atoms with E-state index in [9.17, 15) is 0 Å². The number of aromatic nitrogens is 3. The van der Waals surface area contributed by atoms with E-state index < -0.39 is 13.7 Å². The van der Waals surface area contributed by atoms with Crippen molar-refractivity contribution in [3.63, 3.8) is 0 Å². The van der Waals surface area contributed by atoms with Crippen molar-refractivity contribution in [3.8, 4) is 78.3 Å². The van der Waals surface area contributed by atoms with Crippen LogP contribution in [0.25, 0.3) is 98.5 Å². The number of thiophene rings is 1. The molecule has 5 heteroatoms. The average molecular weight is 1180 g/mol. The van der Waals surface area contributed by atoms with Gasteiger partial charge in [-0.25, -0.2) is 0 Å². The minimum Gasteiger partial charge on any atom is -0.304 e. The van der Waals surface area contributed by atoms with E-state index >= 15 is 0 Å². The van der Waals surface area contributed by atoms with Gasteiger partial charge >= 0.3 is 20.1 Å². The zero-order valence-electron chi connectivity index (χ0n) is 48.0. The van der Waals surface area contributed by atoms with Crippen LogP contribution in [0, 0.1) is 45.8 Å². The van der Waals surface area contributed by atoms with Crippen LogP contribution in [0.3, 0.4) is 0 Å². The zero-order chi connectivity index (χ0) is 55.8. The van der Waals surface area contributed by atoms with Crippen molar-refractivity contribution in [1.29, 1.82) is 0 Å². The summed E-state index contributed by atoms with van der Waals surface area (Å²) < 4.78 is 54.0. The zero-order valence-corrected chi connectivity index (χ0v) is 45.3. The van der Waals surface area contributed by atoms with E-state index in [-0.39, 0.29) is 31.2 Å². The number of hydrogen-bond acceptors (Lipinski definition) is 4. The van der Waals surface area contributed by atoms with Gasteiger partial charge in [0.2, 0.25) is 0 Å². The third-order valence-corrected chi connectivity index (χ3v) is 15.5. The van der Waals surface area contributed by atoms with Gasteiger partial charge in [0.25, 0.3) is 0 Å². The quantitative estimate of drug-likeness (QED) is 0.108. The molecule has 76 heavy (non-hydrogen) atoms. The largest absolute Gasteiger partial charge is 3.00 e. The van der Waals surface area contributed by atoms with Crippen LogP contribution in [0.4, 0.5) is 0 Å². The molecule has 0 aliphatic carbocycles. The van der Waals surface area contributed by atoms with Gasteiger partial charge in [0, 0.05) is 47.0 Å². The molecule has 0 spiro atoms. The molecule has 0 radical (unpaired) electrons. The second-order valence-electron chi connectivity index (χ2n) is 19.3. The molecule has 0 amide bonds. The number of aryl methyl sites for hydroxylation is 8. The van der Waals surface area contributed by atoms with Crippen molar-refractivity contribution in [2.24, 2.45) is 0 Å². The maximum absolute atomic E-state index is 8.61. The summed E-state index contributed by atoms with van der Waals surface area (Å²) in [6.45, 7) is -0.443. The molecule has 12 aromatic rings. The Bertz CT molecular complexity index is 4150. The molecule has 3 nitrogen and oxygen atoms in total. The van der Waals surface area contributed by atoms with Gasteiger partial charge < -0.3 is 15.0 Å². The number of fused-ring (bicyclic) bond motifs is 3. The molecule has 0 saturated heterocycles. The van der Waals surface area contributed by atoms with Gasteiger partial charge in [-0.05, 0) is 148 Å². The molecule has 12 rings (SSSR count). The Morgan fingerprint density at radius 1 is 0.408 bits per heavy atom. The summed E-state index contributed by atoms with van der Waals surface area (Å²) in [4.78, 5) is 14.7. The van der Waals surface area contributed by atoms with E-state index in [1.165, 1.54) is 32.3 Å². The Morgan fingerprint density at radius 2 is 1.04 bits per heavy atom. The first-order valence-electron chi connectivity index (χ1n) is 28.4. The standard InChI is InChI=1S/C71H54N3S.Ir/c1-46-24-27-56(40-63(46)61-32-30-55(34-49(61)4)52-16-8-5-9-17-52)67-33-31-59(45-72-67)64-41-66-62-22-14-15-23-70(62)75-71(66)42-65(64)60-38-50(25-28-57-43-73-68(35-47(57)2)53-18-10-6-11-19-53)37-51(39-60)26-29-58-44-74-69(36-48(58)3)54-20-12-7-13-21-54;/h5-18,20,22-24,30-45H,25-26,28-29H2,1-4H3;/q-3;+3/i2D3,3D3;. The van der Waals surface area contributed by atoms with E-state index in [0.717, 1.165) is 77.0 Å². The SMILES string of the molecule is [2H]C([2H])([2H])c1cc(-c2[c-]cccc2)ncc1CCc1cc(CCc2cnc(-c3[c-]cccc3)cc2C([2H])([2H])[2H])cc(-c2cc3sc4ccccc4c3cc2-c2ccc(-c3[c-]cc(C)c(-c4ccc(-c5ccccc5)cc4C)c3)nc2)c1.[Ir+3]. The van der Waals surface area contributed by atoms with Crippen molar-refractivity contribution < 1.29 is 28.3 Å². The molecule has 0 aliphatic rings. The minimum absolute atomic E-state index is 0. The maximum Gasteiger partial charge on any atom is 3.00 e. The molecule has 368 valence electrons. The van der Waals surface area contributed by atoms with Crippen LogP contribution >= 0.6 is 11.3 Å². The topological polar surface area (TPSA) is 38.7 Å². The summed E-state index contributed by atoms with van der Waals surface area (Å²) in [6, 6.07) is 73.5. The minimum atomic E-state index is -2.37. The van der Waals surface area contributed by atoms with Crippen LogP contribution in [-0.4, -0.2) is 15.0 Å². The fourth-order valence-corrected chi connectivity index (χ4v) is 11.4. The molecular formula is C71H54IrN3S. The second kappa shape index (κ2) is 22.1. The predicted octanol–water partition coefficient (Wildman–Crippen LogP) is 18.1. The molecule has 4 heterocycles. The Labute approximate surface area is 472 Å². The van der Waals surface area contributed by atoms with Crippen molar-refractivity contribution in [2.45, 2.75) is 53.2 Å². The summed E-state index contributed by atoms with van der Waals surface area (Å²) in [7, 11) is 0. The van der Waals surface area contributed by atoms with Crippen LogP contribution in [-0.2, 0) is 45.8 Å². The van der Waals surface area contributed by atoms with Gasteiger partial charge in [0.1, 0.15) is 0 Å². The molecule has 8 aromatic carbocycles. The normalized spacial score (nSPS) is 12.8. The molecule has 0 atom stereocenters. The van der Waals surface area contributed by atoms with Gasteiger partial charge in [0.15, 0.2) is 0 Å². The van der Waals surface area contributed by atoms with Crippen molar-refractivity contribution >= 4 is 31.5 Å². The van der Waals surface area contributed by atoms with Crippen LogP contribution < -0.4 is 0 Å². The number of pyridine rings is 3. The van der Waals surface area contributed by atoms with E-state index in [1.54, 1.807) is 48.0 Å². The van der Waals surface area contributed by atoms with Crippen LogP contribution in [0.15, 0.2) is 207 Å². The van der Waals surface area contributed by atoms with Crippen molar-refractivity contribution in [2.75, 3.05) is 0 Å². The van der Waals surface area contributed by atoms with Crippen molar-refractivity contribution in [3.05, 3.63) is 269 Å². The first kappa shape index (κ1) is 43.3. The van der Waals surface area contributed by atoms with Gasteiger partial charge in [-0.2, -0.15) is 0 Å². The van der Waals surface area contributed by atoms with Gasteiger partial charge in [0.05, 0.1) is 0 Å². The molecule has 0 unspecified atom stereocenters. The summed E-state index contributed by atoms with van der Waals surface area (Å²) in [6.07, 6.45) is 7.27. The van der Waals surface area contributed by atoms with Crippen molar-refractivity contribution in [1.82, 2.24) is 15.0 Å². The van der Waals surface area contributed by atoms with Gasteiger partial charge in [-0.15, -0.1) is 112 Å². The van der Waals surface area contributed by atoms with Gasteiger partial charge in [-0.3, -0.25) is 0 Å². The first-order chi connectivity index (χ1) is 39.2. The summed E-state index contributed by atoms with van der Waals surface area (Å²) >= 11 is 1.76.